The van der Waals surface area contributed by atoms with Crippen LogP contribution in [0.25, 0.3) is 10.8 Å². The first-order valence-electron chi connectivity index (χ1n) is 11.6. The second kappa shape index (κ2) is 11.4. The van der Waals surface area contributed by atoms with Crippen molar-refractivity contribution < 1.29 is 28.5 Å². The van der Waals surface area contributed by atoms with Crippen molar-refractivity contribution in [1.82, 2.24) is 4.98 Å². The summed E-state index contributed by atoms with van der Waals surface area (Å²) in [5, 5.41) is 1.38. The predicted molar refractivity (Wildman–Crippen MR) is 135 cm³/mol. The lowest BCUT2D eigenvalue weighted by atomic mass is 10.1. The van der Waals surface area contributed by atoms with Crippen molar-refractivity contribution in [2.24, 2.45) is 5.92 Å². The number of aryl methyl sites for hydroxylation is 1. The number of pyridine rings is 1. The molecular formula is C29H27NO6. The van der Waals surface area contributed by atoms with Crippen molar-refractivity contribution in [2.45, 2.75) is 27.4 Å². The molecule has 1 heterocycles. The molecule has 0 amide bonds. The molecule has 0 aliphatic rings. The van der Waals surface area contributed by atoms with Gasteiger partial charge in [-0.15, -0.1) is 0 Å². The first-order chi connectivity index (χ1) is 17.4. The van der Waals surface area contributed by atoms with Gasteiger partial charge in [-0.1, -0.05) is 62.4 Å². The molecule has 0 saturated heterocycles. The fourth-order valence-corrected chi connectivity index (χ4v) is 3.52. The molecule has 4 rings (SSSR count). The van der Waals surface area contributed by atoms with Crippen LogP contribution in [-0.2, 0) is 16.1 Å². The van der Waals surface area contributed by atoms with Gasteiger partial charge in [-0.05, 0) is 48.7 Å². The zero-order chi connectivity index (χ0) is 25.5. The van der Waals surface area contributed by atoms with E-state index in [2.05, 4.69) is 4.98 Å². The maximum absolute atomic E-state index is 12.9. The van der Waals surface area contributed by atoms with E-state index in [0.29, 0.717) is 22.6 Å². The summed E-state index contributed by atoms with van der Waals surface area (Å²) >= 11 is 0. The first kappa shape index (κ1) is 24.7. The Labute approximate surface area is 209 Å². The highest BCUT2D eigenvalue weighted by molar-refractivity contribution is 6.03. The molecule has 3 aromatic carbocycles. The van der Waals surface area contributed by atoms with Gasteiger partial charge in [-0.3, -0.25) is 0 Å². The highest BCUT2D eigenvalue weighted by atomic mass is 16.7. The minimum absolute atomic E-state index is 0.103. The number of carbonyl (C=O) groups excluding carboxylic acids is 2. The van der Waals surface area contributed by atoms with Gasteiger partial charge in [0.2, 0.25) is 0 Å². The van der Waals surface area contributed by atoms with Crippen LogP contribution in [0.1, 0.15) is 35.6 Å². The van der Waals surface area contributed by atoms with E-state index in [9.17, 15) is 9.59 Å². The van der Waals surface area contributed by atoms with E-state index in [1.165, 1.54) is 0 Å². The molecule has 0 N–H and O–H groups in total. The minimum Gasteiger partial charge on any atom is -0.486 e. The molecule has 0 bridgehead atoms. The zero-order valence-electron chi connectivity index (χ0n) is 20.4. The Hall–Kier alpha value is -4.39. The molecule has 0 aliphatic heterocycles. The van der Waals surface area contributed by atoms with Gasteiger partial charge >= 0.3 is 12.1 Å². The molecule has 0 atom stereocenters. The Bertz CT molecular complexity index is 1350. The lowest BCUT2D eigenvalue weighted by molar-refractivity contribution is 0.0342. The van der Waals surface area contributed by atoms with Crippen LogP contribution in [0.5, 0.6) is 17.2 Å². The fourth-order valence-electron chi connectivity index (χ4n) is 3.52. The molecule has 0 aliphatic carbocycles. The van der Waals surface area contributed by atoms with E-state index in [1.807, 2.05) is 80.6 Å². The van der Waals surface area contributed by atoms with Crippen molar-refractivity contribution in [1.29, 1.82) is 0 Å². The standard InChI is InChI=1S/C29H27NO6/c1-19(2)17-34-29(32)36-28(31)26-27(33-18-21-10-6-4-7-11-21)24-15-14-23(16-25(24)20(3)30-26)35-22-12-8-5-9-13-22/h4-16,19H,17-18H2,1-3H3. The van der Waals surface area contributed by atoms with Gasteiger partial charge in [-0.25, -0.2) is 14.6 Å². The third kappa shape index (κ3) is 6.18. The SMILES string of the molecule is Cc1nc(C(=O)OC(=O)OCC(C)C)c(OCc2ccccc2)c2ccc(Oc3ccccc3)cc12. The Kier molecular flexibility index (Phi) is 7.80. The molecule has 0 saturated carbocycles. The highest BCUT2D eigenvalue weighted by Crippen LogP contribution is 2.35. The quantitative estimate of drug-likeness (QED) is 0.199. The van der Waals surface area contributed by atoms with Crippen molar-refractivity contribution in [2.75, 3.05) is 6.61 Å². The summed E-state index contributed by atoms with van der Waals surface area (Å²) in [5.74, 6) is 0.683. The average molecular weight is 486 g/mol. The van der Waals surface area contributed by atoms with Crippen molar-refractivity contribution in [3.05, 3.63) is 95.8 Å². The summed E-state index contributed by atoms with van der Waals surface area (Å²) in [4.78, 5) is 29.4. The van der Waals surface area contributed by atoms with Crippen LogP contribution in [-0.4, -0.2) is 23.7 Å². The fraction of sp³-hybridized carbons (Fsp3) is 0.207. The third-order valence-electron chi connectivity index (χ3n) is 5.23. The number of ether oxygens (including phenoxy) is 4. The van der Waals surface area contributed by atoms with Gasteiger partial charge < -0.3 is 18.9 Å². The summed E-state index contributed by atoms with van der Waals surface area (Å²) in [7, 11) is 0. The molecule has 36 heavy (non-hydrogen) atoms. The van der Waals surface area contributed by atoms with E-state index >= 15 is 0 Å². The average Bonchev–Trinajstić information content (AvgIpc) is 2.88. The number of para-hydroxylation sites is 1. The number of hydrogen-bond acceptors (Lipinski definition) is 7. The second-order valence-electron chi connectivity index (χ2n) is 8.62. The Morgan fingerprint density at radius 3 is 2.25 bits per heavy atom. The van der Waals surface area contributed by atoms with Crippen molar-refractivity contribution >= 4 is 22.9 Å². The zero-order valence-corrected chi connectivity index (χ0v) is 20.4. The third-order valence-corrected chi connectivity index (χ3v) is 5.23. The lowest BCUT2D eigenvalue weighted by Crippen LogP contribution is -2.18. The van der Waals surface area contributed by atoms with Gasteiger partial charge in [0.05, 0.1) is 6.61 Å². The van der Waals surface area contributed by atoms with Crippen molar-refractivity contribution in [3.63, 3.8) is 0 Å². The maximum atomic E-state index is 12.9. The number of aromatic nitrogens is 1. The molecule has 0 spiro atoms. The number of rotatable bonds is 8. The molecule has 0 fully saturated rings. The molecule has 7 nitrogen and oxygen atoms in total. The van der Waals surface area contributed by atoms with Crippen LogP contribution < -0.4 is 9.47 Å². The lowest BCUT2D eigenvalue weighted by Gasteiger charge is -2.16. The van der Waals surface area contributed by atoms with E-state index in [4.69, 9.17) is 18.9 Å². The number of benzene rings is 3. The van der Waals surface area contributed by atoms with E-state index in [1.54, 1.807) is 19.1 Å². The summed E-state index contributed by atoms with van der Waals surface area (Å²) < 4.78 is 22.0. The normalized spacial score (nSPS) is 10.8. The Morgan fingerprint density at radius 2 is 1.56 bits per heavy atom. The maximum Gasteiger partial charge on any atom is 0.516 e. The molecule has 4 aromatic rings. The number of carbonyl (C=O) groups is 2. The number of hydrogen-bond donors (Lipinski definition) is 0. The summed E-state index contributed by atoms with van der Waals surface area (Å²) in [6.07, 6.45) is -1.08. The molecule has 0 radical (unpaired) electrons. The monoisotopic (exact) mass is 485 g/mol. The molecule has 7 heteroatoms. The predicted octanol–water partition coefficient (Wildman–Crippen LogP) is 6.86. The molecular weight excluding hydrogens is 458 g/mol. The van der Waals surface area contributed by atoms with E-state index in [-0.39, 0.29) is 30.6 Å². The second-order valence-corrected chi connectivity index (χ2v) is 8.62. The number of fused-ring (bicyclic) bond motifs is 1. The summed E-state index contributed by atoms with van der Waals surface area (Å²) in [5.41, 5.74) is 1.36. The van der Waals surface area contributed by atoms with Crippen molar-refractivity contribution in [3.8, 4) is 17.2 Å². The van der Waals surface area contributed by atoms with Crippen LogP contribution in [0.3, 0.4) is 0 Å². The van der Waals surface area contributed by atoms with Crippen LogP contribution in [0.2, 0.25) is 0 Å². The van der Waals surface area contributed by atoms with Gasteiger partial charge in [0.15, 0.2) is 11.4 Å². The molecule has 184 valence electrons. The van der Waals surface area contributed by atoms with Crippen LogP contribution >= 0.6 is 0 Å². The summed E-state index contributed by atoms with van der Waals surface area (Å²) in [6, 6.07) is 24.4. The van der Waals surface area contributed by atoms with E-state index in [0.717, 1.165) is 10.9 Å². The topological polar surface area (TPSA) is 84.0 Å². The molecule has 0 unspecified atom stereocenters. The van der Waals surface area contributed by atoms with Crippen LogP contribution in [0.4, 0.5) is 4.79 Å². The molecule has 1 aromatic heterocycles. The largest absolute Gasteiger partial charge is 0.516 e. The van der Waals surface area contributed by atoms with Crippen LogP contribution in [0, 0.1) is 12.8 Å². The van der Waals surface area contributed by atoms with E-state index < -0.39 is 12.1 Å². The van der Waals surface area contributed by atoms with Gasteiger partial charge in [0.1, 0.15) is 18.1 Å². The highest BCUT2D eigenvalue weighted by Gasteiger charge is 2.24. The van der Waals surface area contributed by atoms with Gasteiger partial charge in [-0.2, -0.15) is 0 Å². The Balaban J connectivity index is 1.69. The summed E-state index contributed by atoms with van der Waals surface area (Å²) in [6.45, 7) is 5.87. The smallest absolute Gasteiger partial charge is 0.486 e. The number of esters is 1. The van der Waals surface area contributed by atoms with Gasteiger partial charge in [0, 0.05) is 16.5 Å². The Morgan fingerprint density at radius 1 is 0.861 bits per heavy atom. The minimum atomic E-state index is -1.08. The van der Waals surface area contributed by atoms with Gasteiger partial charge in [0.25, 0.3) is 0 Å². The van der Waals surface area contributed by atoms with Crippen LogP contribution in [0.15, 0.2) is 78.9 Å². The number of nitrogens with zero attached hydrogens (tertiary/aromatic N) is 1. The first-order valence-corrected chi connectivity index (χ1v) is 11.6.